The van der Waals surface area contributed by atoms with Crippen LogP contribution in [-0.4, -0.2) is 32.4 Å². The van der Waals surface area contributed by atoms with Gasteiger partial charge in [-0.15, -0.1) is 0 Å². The van der Waals surface area contributed by atoms with Crippen LogP contribution in [0.5, 0.6) is 5.88 Å². The number of nitrogens with zero attached hydrogens (tertiary/aromatic N) is 4. The first-order valence-electron chi connectivity index (χ1n) is 8.62. The molecule has 3 aromatic rings. The molecular formula is C20H20N6O2. The molecule has 0 aliphatic heterocycles. The van der Waals surface area contributed by atoms with Crippen molar-refractivity contribution in [3.8, 4) is 23.2 Å². The number of primary amides is 1. The predicted molar refractivity (Wildman–Crippen MR) is 105 cm³/mol. The first-order chi connectivity index (χ1) is 13.3. The first kappa shape index (κ1) is 19.0. The highest BCUT2D eigenvalue weighted by Gasteiger charge is 2.13. The van der Waals surface area contributed by atoms with Crippen molar-refractivity contribution < 1.29 is 9.53 Å². The van der Waals surface area contributed by atoms with Gasteiger partial charge in [0.05, 0.1) is 18.5 Å². The molecule has 0 saturated carbocycles. The third-order valence-electron chi connectivity index (χ3n) is 3.78. The maximum absolute atomic E-state index is 11.3. The van der Waals surface area contributed by atoms with E-state index in [0.717, 1.165) is 5.56 Å². The SMILES string of the molecule is CC(C)(C)COc1ccc(-c2cnc3[nH]cc(/C=C(\C#N)C(N)=O)c3n2)cn1. The van der Waals surface area contributed by atoms with E-state index in [2.05, 4.69) is 40.7 Å². The number of nitrogens with one attached hydrogen (secondary N) is 1. The molecule has 0 saturated heterocycles. The molecule has 142 valence electrons. The van der Waals surface area contributed by atoms with E-state index in [9.17, 15) is 4.79 Å². The molecule has 0 atom stereocenters. The zero-order valence-corrected chi connectivity index (χ0v) is 15.9. The smallest absolute Gasteiger partial charge is 0.259 e. The highest BCUT2D eigenvalue weighted by Crippen LogP contribution is 2.23. The number of carbonyl (C=O) groups is 1. The number of H-pyrrole nitrogens is 1. The third-order valence-corrected chi connectivity index (χ3v) is 3.78. The van der Waals surface area contributed by atoms with Gasteiger partial charge in [-0.3, -0.25) is 4.79 Å². The Labute approximate surface area is 162 Å². The second kappa shape index (κ2) is 7.48. The minimum atomic E-state index is -0.795. The lowest BCUT2D eigenvalue weighted by Gasteiger charge is -2.18. The van der Waals surface area contributed by atoms with Gasteiger partial charge in [-0.1, -0.05) is 20.8 Å². The Balaban J connectivity index is 1.91. The van der Waals surface area contributed by atoms with Gasteiger partial charge in [-0.25, -0.2) is 15.0 Å². The Morgan fingerprint density at radius 2 is 2.11 bits per heavy atom. The molecular weight excluding hydrogens is 356 g/mol. The largest absolute Gasteiger partial charge is 0.477 e. The summed E-state index contributed by atoms with van der Waals surface area (Å²) in [5, 5.41) is 9.03. The van der Waals surface area contributed by atoms with Crippen LogP contribution in [0.3, 0.4) is 0 Å². The fourth-order valence-corrected chi connectivity index (χ4v) is 2.38. The molecule has 8 nitrogen and oxygen atoms in total. The molecule has 3 N–H and O–H groups in total. The van der Waals surface area contributed by atoms with E-state index < -0.39 is 5.91 Å². The normalized spacial score (nSPS) is 12.0. The number of carbonyl (C=O) groups excluding carboxylic acids is 1. The Morgan fingerprint density at radius 1 is 1.32 bits per heavy atom. The Kier molecular flexibility index (Phi) is 5.09. The van der Waals surface area contributed by atoms with Gasteiger partial charge in [0.1, 0.15) is 17.2 Å². The lowest BCUT2D eigenvalue weighted by Crippen LogP contribution is -2.17. The van der Waals surface area contributed by atoms with E-state index in [0.29, 0.717) is 34.9 Å². The number of nitriles is 1. The van der Waals surface area contributed by atoms with E-state index in [1.165, 1.54) is 6.08 Å². The molecule has 0 fully saturated rings. The average molecular weight is 376 g/mol. The summed E-state index contributed by atoms with van der Waals surface area (Å²) in [6.07, 6.45) is 6.30. The van der Waals surface area contributed by atoms with Crippen molar-refractivity contribution >= 4 is 23.1 Å². The summed E-state index contributed by atoms with van der Waals surface area (Å²) in [6.45, 7) is 6.83. The van der Waals surface area contributed by atoms with Gasteiger partial charge in [0.2, 0.25) is 5.88 Å². The van der Waals surface area contributed by atoms with Crippen molar-refractivity contribution in [1.29, 1.82) is 5.26 Å². The minimum Gasteiger partial charge on any atom is -0.477 e. The summed E-state index contributed by atoms with van der Waals surface area (Å²) in [6, 6.07) is 5.42. The average Bonchev–Trinajstić information content (AvgIpc) is 3.06. The third kappa shape index (κ3) is 4.32. The van der Waals surface area contributed by atoms with Crippen LogP contribution in [0.1, 0.15) is 26.3 Å². The predicted octanol–water partition coefficient (Wildman–Crippen LogP) is 2.84. The fourth-order valence-electron chi connectivity index (χ4n) is 2.38. The standard InChI is InChI=1S/C20H20N6O2/c1-20(2,3)11-28-16-5-4-12(8-23-16)15-10-25-19-17(26-15)14(9-24-19)6-13(7-21)18(22)27/h4-6,8-10H,11H2,1-3H3,(H2,22,27)(H,24,25)/b13-6+. The van der Waals surface area contributed by atoms with Crippen LogP contribution in [0.2, 0.25) is 0 Å². The lowest BCUT2D eigenvalue weighted by atomic mass is 9.99. The quantitative estimate of drug-likeness (QED) is 0.520. The first-order valence-corrected chi connectivity index (χ1v) is 8.62. The van der Waals surface area contributed by atoms with Crippen molar-refractivity contribution in [1.82, 2.24) is 19.9 Å². The van der Waals surface area contributed by atoms with Gasteiger partial charge in [0.15, 0.2) is 5.65 Å². The number of amides is 1. The monoisotopic (exact) mass is 376 g/mol. The highest BCUT2D eigenvalue weighted by molar-refractivity contribution is 6.02. The van der Waals surface area contributed by atoms with Crippen LogP contribution in [-0.2, 0) is 4.79 Å². The zero-order valence-electron chi connectivity index (χ0n) is 15.9. The number of hydrogen-bond donors (Lipinski definition) is 2. The van der Waals surface area contributed by atoms with Gasteiger partial charge in [0.25, 0.3) is 5.91 Å². The Morgan fingerprint density at radius 3 is 2.71 bits per heavy atom. The van der Waals surface area contributed by atoms with Crippen molar-refractivity contribution in [3.63, 3.8) is 0 Å². The van der Waals surface area contributed by atoms with Crippen LogP contribution in [0.4, 0.5) is 0 Å². The van der Waals surface area contributed by atoms with E-state index in [4.69, 9.17) is 15.7 Å². The van der Waals surface area contributed by atoms with Crippen molar-refractivity contribution in [2.24, 2.45) is 11.1 Å². The Bertz CT molecular complexity index is 1080. The van der Waals surface area contributed by atoms with Crippen LogP contribution in [0, 0.1) is 16.7 Å². The molecule has 28 heavy (non-hydrogen) atoms. The second-order valence-corrected chi connectivity index (χ2v) is 7.46. The molecule has 0 unspecified atom stereocenters. The molecule has 3 heterocycles. The van der Waals surface area contributed by atoms with E-state index in [1.807, 2.05) is 6.07 Å². The number of aromatic amines is 1. The molecule has 0 aromatic carbocycles. The molecule has 0 bridgehead atoms. The molecule has 3 aromatic heterocycles. The summed E-state index contributed by atoms with van der Waals surface area (Å²) >= 11 is 0. The number of fused-ring (bicyclic) bond motifs is 1. The zero-order chi connectivity index (χ0) is 20.3. The molecule has 0 spiro atoms. The lowest BCUT2D eigenvalue weighted by molar-refractivity contribution is -0.114. The van der Waals surface area contributed by atoms with Gasteiger partial charge in [-0.05, 0) is 17.6 Å². The van der Waals surface area contributed by atoms with E-state index >= 15 is 0 Å². The topological polar surface area (TPSA) is 131 Å². The number of rotatable bonds is 5. The van der Waals surface area contributed by atoms with Crippen LogP contribution < -0.4 is 10.5 Å². The van der Waals surface area contributed by atoms with Crippen LogP contribution >= 0.6 is 0 Å². The van der Waals surface area contributed by atoms with Crippen molar-refractivity contribution in [2.45, 2.75) is 20.8 Å². The number of ether oxygens (including phenoxy) is 1. The van der Waals surface area contributed by atoms with Gasteiger partial charge in [-0.2, -0.15) is 5.26 Å². The van der Waals surface area contributed by atoms with Gasteiger partial charge < -0.3 is 15.5 Å². The fraction of sp³-hybridized carbons (Fsp3) is 0.250. The summed E-state index contributed by atoms with van der Waals surface area (Å²) in [4.78, 5) is 27.5. The van der Waals surface area contributed by atoms with E-state index in [-0.39, 0.29) is 11.0 Å². The maximum Gasteiger partial charge on any atom is 0.259 e. The molecule has 1 amide bonds. The molecule has 0 aliphatic rings. The Hall–Kier alpha value is -3.73. The van der Waals surface area contributed by atoms with Gasteiger partial charge >= 0.3 is 0 Å². The van der Waals surface area contributed by atoms with Gasteiger partial charge in [0, 0.05) is 29.6 Å². The van der Waals surface area contributed by atoms with Crippen molar-refractivity contribution in [3.05, 3.63) is 41.9 Å². The maximum atomic E-state index is 11.3. The summed E-state index contributed by atoms with van der Waals surface area (Å²) < 4.78 is 5.68. The number of pyridine rings is 1. The van der Waals surface area contributed by atoms with Crippen molar-refractivity contribution in [2.75, 3.05) is 6.61 Å². The van der Waals surface area contributed by atoms with E-state index in [1.54, 1.807) is 30.7 Å². The molecule has 3 rings (SSSR count). The molecule has 0 aliphatic carbocycles. The number of aromatic nitrogens is 4. The number of hydrogen-bond acceptors (Lipinski definition) is 6. The summed E-state index contributed by atoms with van der Waals surface area (Å²) in [5.41, 5.74) is 8.08. The summed E-state index contributed by atoms with van der Waals surface area (Å²) in [7, 11) is 0. The molecule has 0 radical (unpaired) electrons. The minimum absolute atomic E-state index is 0.0439. The van der Waals surface area contributed by atoms with Crippen LogP contribution in [0.15, 0.2) is 36.3 Å². The van der Waals surface area contributed by atoms with Crippen LogP contribution in [0.25, 0.3) is 28.5 Å². The summed E-state index contributed by atoms with van der Waals surface area (Å²) in [5.74, 6) is -0.255. The molecule has 8 heteroatoms. The number of nitrogens with two attached hydrogens (primary N) is 1. The second-order valence-electron chi connectivity index (χ2n) is 7.46. The highest BCUT2D eigenvalue weighted by atomic mass is 16.5.